The summed E-state index contributed by atoms with van der Waals surface area (Å²) in [6.45, 7) is 8.18. The molecule has 0 aliphatic rings. The van der Waals surface area contributed by atoms with Gasteiger partial charge in [0, 0.05) is 23.9 Å². The summed E-state index contributed by atoms with van der Waals surface area (Å²) in [7, 11) is 0. The number of nitrogens with zero attached hydrogens (tertiary/aromatic N) is 1. The van der Waals surface area contributed by atoms with Crippen molar-refractivity contribution in [3.05, 3.63) is 97.6 Å². The molecule has 0 fully saturated rings. The van der Waals surface area contributed by atoms with Crippen molar-refractivity contribution in [1.82, 2.24) is 0 Å². The molecule has 0 aliphatic carbocycles. The fourth-order valence-electron chi connectivity index (χ4n) is 3.15. The fourth-order valence-corrected chi connectivity index (χ4v) is 3.15. The van der Waals surface area contributed by atoms with E-state index in [1.165, 1.54) is 6.08 Å². The number of esters is 3. The SMILES string of the molecule is C=CC(=O)OCC(COC(=O)C=C)(COC(=O)C=C)COC(=O)Nc1ccc(Cc2ccc(N=C=O)cc2)cc1. The van der Waals surface area contributed by atoms with Gasteiger partial charge in [-0.3, -0.25) is 5.32 Å². The molecule has 0 unspecified atom stereocenters. The summed E-state index contributed by atoms with van der Waals surface area (Å²) in [4.78, 5) is 61.5. The number of rotatable bonds is 15. The quantitative estimate of drug-likeness (QED) is 0.115. The average molecular weight is 549 g/mol. The minimum Gasteiger partial charge on any atom is -0.462 e. The number of hydrogen-bond acceptors (Lipinski definition) is 10. The average Bonchev–Trinajstić information content (AvgIpc) is 2.97. The summed E-state index contributed by atoms with van der Waals surface area (Å²) in [6, 6.07) is 14.1. The normalized spacial score (nSPS) is 10.2. The number of amides is 1. The first-order chi connectivity index (χ1) is 19.2. The maximum absolute atomic E-state index is 12.6. The highest BCUT2D eigenvalue weighted by molar-refractivity contribution is 5.85. The van der Waals surface area contributed by atoms with Crippen LogP contribution >= 0.6 is 0 Å². The van der Waals surface area contributed by atoms with Gasteiger partial charge in [-0.1, -0.05) is 44.0 Å². The number of anilines is 1. The molecule has 11 heteroatoms. The second-order valence-corrected chi connectivity index (χ2v) is 8.38. The molecule has 208 valence electrons. The van der Waals surface area contributed by atoms with Gasteiger partial charge in [0.25, 0.3) is 0 Å². The van der Waals surface area contributed by atoms with E-state index in [-0.39, 0.29) is 0 Å². The van der Waals surface area contributed by atoms with Crippen molar-refractivity contribution in [1.29, 1.82) is 0 Å². The molecule has 2 aromatic carbocycles. The molecule has 0 radical (unpaired) electrons. The number of hydrogen-bond donors (Lipinski definition) is 1. The Bertz CT molecular complexity index is 1220. The van der Waals surface area contributed by atoms with Crippen LogP contribution in [0.2, 0.25) is 0 Å². The molecule has 0 aromatic heterocycles. The topological polar surface area (TPSA) is 147 Å². The Morgan fingerprint density at radius 3 is 1.57 bits per heavy atom. The van der Waals surface area contributed by atoms with Gasteiger partial charge < -0.3 is 18.9 Å². The molecule has 2 aromatic rings. The van der Waals surface area contributed by atoms with E-state index in [4.69, 9.17) is 18.9 Å². The Hall–Kier alpha value is -5.28. The Labute approximate surface area is 230 Å². The minimum absolute atomic E-state index is 0.433. The Kier molecular flexibility index (Phi) is 12.3. The maximum atomic E-state index is 12.6. The molecular formula is C29H28N2O9. The summed E-state index contributed by atoms with van der Waals surface area (Å²) in [5.41, 5.74) is 1.46. The van der Waals surface area contributed by atoms with Gasteiger partial charge in [0.2, 0.25) is 6.08 Å². The van der Waals surface area contributed by atoms with Crippen molar-refractivity contribution in [3.63, 3.8) is 0 Å². The van der Waals surface area contributed by atoms with Crippen molar-refractivity contribution >= 4 is 41.5 Å². The summed E-state index contributed by atoms with van der Waals surface area (Å²) in [5, 5.41) is 2.57. The van der Waals surface area contributed by atoms with Crippen molar-refractivity contribution in [2.24, 2.45) is 10.4 Å². The third kappa shape index (κ3) is 10.6. The lowest BCUT2D eigenvalue weighted by molar-refractivity contribution is -0.158. The molecule has 1 N–H and O–H groups in total. The van der Waals surface area contributed by atoms with E-state index in [0.717, 1.165) is 29.4 Å². The van der Waals surface area contributed by atoms with E-state index in [1.54, 1.807) is 24.3 Å². The van der Waals surface area contributed by atoms with Crippen LogP contribution in [0.15, 0.2) is 91.5 Å². The van der Waals surface area contributed by atoms with Crippen LogP contribution < -0.4 is 5.32 Å². The highest BCUT2D eigenvalue weighted by Gasteiger charge is 2.37. The van der Waals surface area contributed by atoms with Crippen molar-refractivity contribution in [2.45, 2.75) is 6.42 Å². The first-order valence-electron chi connectivity index (χ1n) is 11.8. The summed E-state index contributed by atoms with van der Waals surface area (Å²) < 4.78 is 20.6. The van der Waals surface area contributed by atoms with Crippen LogP contribution in [0.25, 0.3) is 0 Å². The number of nitrogens with one attached hydrogen (secondary N) is 1. The molecule has 0 bridgehead atoms. The number of ether oxygens (including phenoxy) is 4. The highest BCUT2D eigenvalue weighted by Crippen LogP contribution is 2.22. The Morgan fingerprint density at radius 1 is 0.725 bits per heavy atom. The first kappa shape index (κ1) is 30.9. The van der Waals surface area contributed by atoms with Crippen LogP contribution in [0, 0.1) is 5.41 Å². The standard InChI is InChI=1S/C29H28N2O9/c1-4-25(33)37-16-29(17-38-26(34)5-2,18-39-27(35)6-3)19-40-28(36)31-24-13-9-22(10-14-24)15-21-7-11-23(12-8-21)30-20-32/h4-14H,1-3,15-19H2,(H,31,36). The molecule has 0 heterocycles. The molecular weight excluding hydrogens is 520 g/mol. The lowest BCUT2D eigenvalue weighted by Gasteiger charge is -2.31. The third-order valence-corrected chi connectivity index (χ3v) is 5.29. The van der Waals surface area contributed by atoms with Gasteiger partial charge in [-0.05, 0) is 41.8 Å². The zero-order chi connectivity index (χ0) is 29.4. The molecule has 11 nitrogen and oxygen atoms in total. The molecule has 2 rings (SSSR count). The van der Waals surface area contributed by atoms with Gasteiger partial charge in [-0.2, -0.15) is 4.99 Å². The largest absolute Gasteiger partial charge is 0.462 e. The van der Waals surface area contributed by atoms with Crippen LogP contribution in [0.1, 0.15) is 11.1 Å². The predicted octanol–water partition coefficient (Wildman–Crippen LogP) is 3.97. The number of carbonyl (C=O) groups excluding carboxylic acids is 5. The molecule has 1 amide bonds. The molecule has 0 aliphatic heterocycles. The number of aliphatic imine (C=N–C) groups is 1. The first-order valence-corrected chi connectivity index (χ1v) is 11.8. The van der Waals surface area contributed by atoms with Gasteiger partial charge in [0.05, 0.1) is 5.69 Å². The summed E-state index contributed by atoms with van der Waals surface area (Å²) in [6.07, 6.45) is 4.00. The van der Waals surface area contributed by atoms with Crippen molar-refractivity contribution in [3.8, 4) is 0 Å². The molecule has 0 saturated heterocycles. The number of benzene rings is 2. The van der Waals surface area contributed by atoms with Crippen LogP contribution in [-0.2, 0) is 44.5 Å². The molecule has 0 spiro atoms. The zero-order valence-corrected chi connectivity index (χ0v) is 21.6. The maximum Gasteiger partial charge on any atom is 0.411 e. The van der Waals surface area contributed by atoms with Gasteiger partial charge in [-0.15, -0.1) is 0 Å². The van der Waals surface area contributed by atoms with Crippen LogP contribution in [0.3, 0.4) is 0 Å². The predicted molar refractivity (Wildman–Crippen MR) is 144 cm³/mol. The number of isocyanates is 1. The molecule has 0 saturated carbocycles. The minimum atomic E-state index is -1.44. The van der Waals surface area contributed by atoms with E-state index < -0.39 is 55.8 Å². The van der Waals surface area contributed by atoms with Crippen molar-refractivity contribution in [2.75, 3.05) is 31.7 Å². The van der Waals surface area contributed by atoms with Gasteiger partial charge in [-0.25, -0.2) is 24.0 Å². The fraction of sp³-hybridized carbons (Fsp3) is 0.207. The number of carbonyl (C=O) groups is 4. The van der Waals surface area contributed by atoms with Gasteiger partial charge >= 0.3 is 24.0 Å². The summed E-state index contributed by atoms with van der Waals surface area (Å²) in [5.74, 6) is -2.36. The lowest BCUT2D eigenvalue weighted by atomic mass is 9.92. The lowest BCUT2D eigenvalue weighted by Crippen LogP contribution is -2.44. The summed E-state index contributed by atoms with van der Waals surface area (Å²) >= 11 is 0. The van der Waals surface area contributed by atoms with E-state index >= 15 is 0 Å². The second kappa shape index (κ2) is 15.9. The van der Waals surface area contributed by atoms with E-state index in [9.17, 15) is 24.0 Å². The Balaban J connectivity index is 2.07. The van der Waals surface area contributed by atoms with Gasteiger partial charge in [0.15, 0.2) is 0 Å². The van der Waals surface area contributed by atoms with E-state index in [1.807, 2.05) is 24.3 Å². The zero-order valence-electron chi connectivity index (χ0n) is 21.6. The third-order valence-electron chi connectivity index (χ3n) is 5.29. The highest BCUT2D eigenvalue weighted by atomic mass is 16.6. The van der Waals surface area contributed by atoms with Gasteiger partial charge in [0.1, 0.15) is 31.8 Å². The van der Waals surface area contributed by atoms with E-state index in [0.29, 0.717) is 17.8 Å². The second-order valence-electron chi connectivity index (χ2n) is 8.38. The van der Waals surface area contributed by atoms with Crippen LogP contribution in [0.5, 0.6) is 0 Å². The van der Waals surface area contributed by atoms with Crippen LogP contribution in [0.4, 0.5) is 16.2 Å². The van der Waals surface area contributed by atoms with Crippen molar-refractivity contribution < 1.29 is 42.9 Å². The monoisotopic (exact) mass is 548 g/mol. The molecule has 40 heavy (non-hydrogen) atoms. The molecule has 0 atom stereocenters. The van der Waals surface area contributed by atoms with Crippen LogP contribution in [-0.4, -0.2) is 56.5 Å². The smallest absolute Gasteiger partial charge is 0.411 e. The van der Waals surface area contributed by atoms with E-state index in [2.05, 4.69) is 30.0 Å². The Morgan fingerprint density at radius 2 is 1.15 bits per heavy atom.